The van der Waals surface area contributed by atoms with Gasteiger partial charge in [-0.2, -0.15) is 5.10 Å². The third-order valence-electron chi connectivity index (χ3n) is 8.14. The van der Waals surface area contributed by atoms with Crippen molar-refractivity contribution >= 4 is 22.6 Å². The Bertz CT molecular complexity index is 1570. The summed E-state index contributed by atoms with van der Waals surface area (Å²) in [5, 5.41) is 45.2. The smallest absolute Gasteiger partial charge is 0.251 e. The summed E-state index contributed by atoms with van der Waals surface area (Å²) < 4.78 is 7.47. The molecule has 11 nitrogen and oxygen atoms in total. The maximum atomic E-state index is 13.2. The predicted octanol–water partition coefficient (Wildman–Crippen LogP) is 3.56. The van der Waals surface area contributed by atoms with Gasteiger partial charge >= 0.3 is 0 Å². The highest BCUT2D eigenvalue weighted by Gasteiger charge is 2.22. The first kappa shape index (κ1) is 31.4. The SMILES string of the molecule is CCc1nc2c(cnn2CC)c(NC2CCOCC2)c1CNC(=O)c1ccc(CNCC(O)c2ccc(O)c(CO)c2)cc1. The molecular formula is C33H42N6O5. The van der Waals surface area contributed by atoms with Crippen LogP contribution >= 0.6 is 0 Å². The number of aliphatic hydroxyl groups excluding tert-OH is 2. The van der Waals surface area contributed by atoms with E-state index in [0.717, 1.165) is 72.6 Å². The van der Waals surface area contributed by atoms with Gasteiger partial charge in [-0.25, -0.2) is 9.67 Å². The van der Waals surface area contributed by atoms with E-state index in [1.807, 2.05) is 23.0 Å². The van der Waals surface area contributed by atoms with Crippen LogP contribution < -0.4 is 16.0 Å². The number of aliphatic hydroxyl groups is 2. The highest BCUT2D eigenvalue weighted by Crippen LogP contribution is 2.31. The number of nitrogens with one attached hydrogen (secondary N) is 3. The van der Waals surface area contributed by atoms with Crippen molar-refractivity contribution in [2.24, 2.45) is 0 Å². The number of hydrogen-bond acceptors (Lipinski definition) is 9. The third-order valence-corrected chi connectivity index (χ3v) is 8.14. The number of hydrogen-bond donors (Lipinski definition) is 6. The minimum Gasteiger partial charge on any atom is -0.508 e. The number of phenols is 1. The van der Waals surface area contributed by atoms with Gasteiger partial charge in [0, 0.05) is 67.8 Å². The number of aromatic hydroxyl groups is 1. The summed E-state index contributed by atoms with van der Waals surface area (Å²) in [5.41, 5.74) is 6.26. The Labute approximate surface area is 257 Å². The topological polar surface area (TPSA) is 154 Å². The molecule has 44 heavy (non-hydrogen) atoms. The predicted molar refractivity (Wildman–Crippen MR) is 168 cm³/mol. The molecule has 0 saturated carbocycles. The highest BCUT2D eigenvalue weighted by molar-refractivity contribution is 5.95. The maximum absolute atomic E-state index is 13.2. The van der Waals surface area contributed by atoms with Crippen molar-refractivity contribution in [3.8, 4) is 5.75 Å². The van der Waals surface area contributed by atoms with Crippen molar-refractivity contribution in [2.75, 3.05) is 25.1 Å². The van der Waals surface area contributed by atoms with Crippen LogP contribution in [0.15, 0.2) is 48.7 Å². The Morgan fingerprint density at radius 3 is 2.59 bits per heavy atom. The number of amides is 1. The van der Waals surface area contributed by atoms with E-state index in [1.165, 1.54) is 6.07 Å². The zero-order valence-corrected chi connectivity index (χ0v) is 25.3. The summed E-state index contributed by atoms with van der Waals surface area (Å²) in [4.78, 5) is 18.2. The molecular weight excluding hydrogens is 560 g/mol. The number of carbonyl (C=O) groups excluding carboxylic acids is 1. The molecule has 1 atom stereocenters. The van der Waals surface area contributed by atoms with Crippen LogP contribution in [0.1, 0.15) is 71.1 Å². The molecule has 2 aromatic heterocycles. The number of aryl methyl sites for hydroxylation is 2. The summed E-state index contributed by atoms with van der Waals surface area (Å²) in [7, 11) is 0. The second-order valence-electron chi connectivity index (χ2n) is 11.1. The van der Waals surface area contributed by atoms with Crippen molar-refractivity contribution in [3.63, 3.8) is 0 Å². The molecule has 1 amide bonds. The molecule has 1 aliphatic heterocycles. The Kier molecular flexibility index (Phi) is 10.4. The van der Waals surface area contributed by atoms with Gasteiger partial charge in [-0.15, -0.1) is 0 Å². The van der Waals surface area contributed by atoms with Gasteiger partial charge in [-0.1, -0.05) is 25.1 Å². The average Bonchev–Trinajstić information content (AvgIpc) is 3.47. The van der Waals surface area contributed by atoms with Gasteiger partial charge in [0.25, 0.3) is 5.91 Å². The Morgan fingerprint density at radius 2 is 1.89 bits per heavy atom. The van der Waals surface area contributed by atoms with Gasteiger partial charge in [0.1, 0.15) is 5.75 Å². The van der Waals surface area contributed by atoms with E-state index in [2.05, 4.69) is 34.9 Å². The lowest BCUT2D eigenvalue weighted by Crippen LogP contribution is -2.30. The van der Waals surface area contributed by atoms with Crippen molar-refractivity contribution in [2.45, 2.75) is 71.5 Å². The number of benzene rings is 2. The molecule has 11 heteroatoms. The van der Waals surface area contributed by atoms with E-state index >= 15 is 0 Å². The first-order valence-corrected chi connectivity index (χ1v) is 15.3. The molecule has 5 rings (SSSR count). The zero-order valence-electron chi connectivity index (χ0n) is 25.3. The molecule has 0 bridgehead atoms. The van der Waals surface area contributed by atoms with Gasteiger partial charge in [-0.3, -0.25) is 4.79 Å². The summed E-state index contributed by atoms with van der Waals surface area (Å²) in [6, 6.07) is 12.3. The van der Waals surface area contributed by atoms with Crippen molar-refractivity contribution < 1.29 is 24.9 Å². The van der Waals surface area contributed by atoms with Gasteiger partial charge in [0.15, 0.2) is 5.65 Å². The number of ether oxygens (including phenoxy) is 1. The average molecular weight is 603 g/mol. The van der Waals surface area contributed by atoms with Crippen LogP contribution in [-0.4, -0.2) is 61.8 Å². The lowest BCUT2D eigenvalue weighted by molar-refractivity contribution is 0.0904. The number of aromatic nitrogens is 3. The van der Waals surface area contributed by atoms with E-state index in [4.69, 9.17) is 9.72 Å². The fourth-order valence-electron chi connectivity index (χ4n) is 5.56. The molecule has 6 N–H and O–H groups in total. The summed E-state index contributed by atoms with van der Waals surface area (Å²) in [5.74, 6) is -0.171. The molecule has 0 aliphatic carbocycles. The number of nitrogens with zero attached hydrogens (tertiary/aromatic N) is 3. The number of pyridine rings is 1. The second-order valence-corrected chi connectivity index (χ2v) is 11.1. The Balaban J connectivity index is 1.23. The van der Waals surface area contributed by atoms with Gasteiger partial charge < -0.3 is 36.0 Å². The lowest BCUT2D eigenvalue weighted by atomic mass is 10.0. The largest absolute Gasteiger partial charge is 0.508 e. The molecule has 0 radical (unpaired) electrons. The summed E-state index contributed by atoms with van der Waals surface area (Å²) >= 11 is 0. The highest BCUT2D eigenvalue weighted by atomic mass is 16.5. The van der Waals surface area contributed by atoms with Crippen LogP contribution in [0.3, 0.4) is 0 Å². The normalized spacial score (nSPS) is 14.5. The Morgan fingerprint density at radius 1 is 1.11 bits per heavy atom. The summed E-state index contributed by atoms with van der Waals surface area (Å²) in [6.45, 7) is 7.13. The van der Waals surface area contributed by atoms with Gasteiger partial charge in [-0.05, 0) is 61.6 Å². The van der Waals surface area contributed by atoms with E-state index in [0.29, 0.717) is 29.8 Å². The fraction of sp³-hybridized carbons (Fsp3) is 0.424. The van der Waals surface area contributed by atoms with E-state index in [1.54, 1.807) is 24.3 Å². The second kappa shape index (κ2) is 14.6. The first-order valence-electron chi connectivity index (χ1n) is 15.3. The zero-order chi connectivity index (χ0) is 31.1. The molecule has 1 aliphatic rings. The van der Waals surface area contributed by atoms with Crippen LogP contribution in [0.2, 0.25) is 0 Å². The van der Waals surface area contributed by atoms with E-state index < -0.39 is 6.10 Å². The minimum atomic E-state index is -0.796. The minimum absolute atomic E-state index is 0.000131. The lowest BCUT2D eigenvalue weighted by Gasteiger charge is -2.26. The molecule has 3 heterocycles. The number of carbonyl (C=O) groups is 1. The van der Waals surface area contributed by atoms with Gasteiger partial charge in [0.2, 0.25) is 0 Å². The number of rotatable bonds is 13. The monoisotopic (exact) mass is 602 g/mol. The van der Waals surface area contributed by atoms with Crippen LogP contribution in [0, 0.1) is 0 Å². The van der Waals surface area contributed by atoms with Crippen molar-refractivity contribution in [3.05, 3.63) is 82.2 Å². The van der Waals surface area contributed by atoms with Gasteiger partial charge in [0.05, 0.1) is 30.0 Å². The molecule has 2 aromatic carbocycles. The van der Waals surface area contributed by atoms with E-state index in [9.17, 15) is 20.1 Å². The maximum Gasteiger partial charge on any atom is 0.251 e. The standard InChI is InChI=1S/C33H42N6O5/c1-3-28-26(31(37-25-11-13-44-14-12-25)27-18-36-39(4-2)32(27)38-28)17-35-33(43)22-7-5-21(6-8-22)16-34-19-30(42)23-9-10-29(41)24(15-23)20-40/h5-10,15,18,25,30,34,40-42H,3-4,11-14,16-17,19-20H2,1-2H3,(H,35,43)(H,37,38). The molecule has 4 aromatic rings. The van der Waals surface area contributed by atoms with Crippen LogP contribution in [0.4, 0.5) is 5.69 Å². The molecule has 234 valence electrons. The quantitative estimate of drug-likeness (QED) is 0.135. The summed E-state index contributed by atoms with van der Waals surface area (Å²) in [6.07, 6.45) is 3.63. The fourth-order valence-corrected chi connectivity index (χ4v) is 5.56. The van der Waals surface area contributed by atoms with Crippen LogP contribution in [0.25, 0.3) is 11.0 Å². The number of anilines is 1. The van der Waals surface area contributed by atoms with Crippen LogP contribution in [-0.2, 0) is 37.4 Å². The van der Waals surface area contributed by atoms with Crippen molar-refractivity contribution in [1.82, 2.24) is 25.4 Å². The molecule has 1 unspecified atom stereocenters. The molecule has 1 saturated heterocycles. The van der Waals surface area contributed by atoms with E-state index in [-0.39, 0.29) is 30.9 Å². The van der Waals surface area contributed by atoms with Crippen LogP contribution in [0.5, 0.6) is 5.75 Å². The van der Waals surface area contributed by atoms with Crippen molar-refractivity contribution in [1.29, 1.82) is 0 Å². The Hall–Kier alpha value is -4.03. The molecule has 0 spiro atoms. The third kappa shape index (κ3) is 7.19. The number of fused-ring (bicyclic) bond motifs is 1. The first-order chi connectivity index (χ1) is 21.4. The molecule has 1 fully saturated rings.